The molecule has 0 aliphatic carbocycles. The van der Waals surface area contributed by atoms with Crippen molar-refractivity contribution in [2.45, 2.75) is 26.0 Å². The summed E-state index contributed by atoms with van der Waals surface area (Å²) < 4.78 is 0.709. The van der Waals surface area contributed by atoms with Gasteiger partial charge in [-0.05, 0) is 41.4 Å². The highest BCUT2D eigenvalue weighted by Crippen LogP contribution is 2.25. The fraction of sp³-hybridized carbons (Fsp3) is 0.444. The lowest BCUT2D eigenvalue weighted by Crippen LogP contribution is -2.24. The summed E-state index contributed by atoms with van der Waals surface area (Å²) in [6.07, 6.45) is 1.14. The van der Waals surface area contributed by atoms with Crippen LogP contribution in [0.15, 0.2) is 16.9 Å². The molecule has 0 saturated carbocycles. The molecule has 4 heteroatoms. The molecule has 0 aliphatic heterocycles. The van der Waals surface area contributed by atoms with E-state index in [9.17, 15) is 5.11 Å². The van der Waals surface area contributed by atoms with Crippen LogP contribution in [0.25, 0.3) is 0 Å². The van der Waals surface area contributed by atoms with Gasteiger partial charge in [-0.1, -0.05) is 0 Å². The topological polar surface area (TPSA) is 59.1 Å². The smallest absolute Gasteiger partial charge is 0.111 e. The molecular formula is C9H13BrN2O. The average molecular weight is 245 g/mol. The summed E-state index contributed by atoms with van der Waals surface area (Å²) in [5.74, 6) is 0. The van der Waals surface area contributed by atoms with Crippen LogP contribution in [-0.4, -0.2) is 16.2 Å². The van der Waals surface area contributed by atoms with E-state index < -0.39 is 6.10 Å². The Kier molecular flexibility index (Phi) is 3.41. The Morgan fingerprint density at radius 2 is 2.23 bits per heavy atom. The Hall–Kier alpha value is -0.450. The fourth-order valence-corrected chi connectivity index (χ4v) is 1.87. The maximum absolute atomic E-state index is 9.35. The summed E-state index contributed by atoms with van der Waals surface area (Å²) in [5.41, 5.74) is 7.73. The predicted octanol–water partition coefficient (Wildman–Crippen LogP) is 1.53. The molecule has 2 atom stereocenters. The van der Waals surface area contributed by atoms with Crippen molar-refractivity contribution in [3.8, 4) is 0 Å². The molecule has 0 radical (unpaired) electrons. The van der Waals surface area contributed by atoms with Gasteiger partial charge in [0.25, 0.3) is 0 Å². The molecule has 1 rings (SSSR count). The monoisotopic (exact) mass is 244 g/mol. The van der Waals surface area contributed by atoms with Gasteiger partial charge in [-0.15, -0.1) is 0 Å². The Labute approximate surface area is 86.1 Å². The van der Waals surface area contributed by atoms with E-state index in [4.69, 9.17) is 5.73 Å². The lowest BCUT2D eigenvalue weighted by atomic mass is 10.0. The van der Waals surface area contributed by atoms with Gasteiger partial charge < -0.3 is 10.8 Å². The van der Waals surface area contributed by atoms with Crippen molar-refractivity contribution >= 4 is 15.9 Å². The van der Waals surface area contributed by atoms with Gasteiger partial charge in [-0.25, -0.2) is 4.98 Å². The Balaban J connectivity index is 3.12. The molecule has 1 heterocycles. The maximum atomic E-state index is 9.35. The van der Waals surface area contributed by atoms with E-state index in [0.29, 0.717) is 4.60 Å². The maximum Gasteiger partial charge on any atom is 0.111 e. The van der Waals surface area contributed by atoms with Gasteiger partial charge >= 0.3 is 0 Å². The van der Waals surface area contributed by atoms with Gasteiger partial charge in [0.1, 0.15) is 4.60 Å². The lowest BCUT2D eigenvalue weighted by Gasteiger charge is -2.18. The molecule has 1 aromatic heterocycles. The van der Waals surface area contributed by atoms with Gasteiger partial charge in [0.15, 0.2) is 0 Å². The number of aryl methyl sites for hydroxylation is 1. The predicted molar refractivity (Wildman–Crippen MR) is 55.3 cm³/mol. The van der Waals surface area contributed by atoms with E-state index in [-0.39, 0.29) is 6.04 Å². The van der Waals surface area contributed by atoms with Crippen molar-refractivity contribution in [1.29, 1.82) is 0 Å². The SMILES string of the molecule is Cc1ccnc(Br)c1[C@@H](N)[C@@H](C)O. The molecule has 0 amide bonds. The van der Waals surface area contributed by atoms with E-state index in [1.165, 1.54) is 0 Å². The van der Waals surface area contributed by atoms with Gasteiger partial charge in [-0.2, -0.15) is 0 Å². The number of aliphatic hydroxyl groups excluding tert-OH is 1. The molecule has 0 saturated heterocycles. The summed E-state index contributed by atoms with van der Waals surface area (Å²) in [7, 11) is 0. The minimum absolute atomic E-state index is 0.386. The summed E-state index contributed by atoms with van der Waals surface area (Å²) >= 11 is 3.31. The number of rotatable bonds is 2. The van der Waals surface area contributed by atoms with E-state index >= 15 is 0 Å². The second-order valence-electron chi connectivity index (χ2n) is 3.10. The number of nitrogens with zero attached hydrogens (tertiary/aromatic N) is 1. The third-order valence-corrected chi connectivity index (χ3v) is 2.64. The number of hydrogen-bond acceptors (Lipinski definition) is 3. The number of aromatic nitrogens is 1. The zero-order chi connectivity index (χ0) is 10.0. The third kappa shape index (κ3) is 2.27. The summed E-state index contributed by atoms with van der Waals surface area (Å²) in [6.45, 7) is 3.62. The van der Waals surface area contributed by atoms with Crippen LogP contribution in [-0.2, 0) is 0 Å². The highest BCUT2D eigenvalue weighted by atomic mass is 79.9. The summed E-state index contributed by atoms with van der Waals surface area (Å²) in [5, 5.41) is 9.35. The van der Waals surface area contributed by atoms with E-state index in [0.717, 1.165) is 11.1 Å². The first kappa shape index (κ1) is 10.6. The molecule has 72 valence electrons. The summed E-state index contributed by atoms with van der Waals surface area (Å²) in [6, 6.07) is 1.49. The molecule has 0 fully saturated rings. The van der Waals surface area contributed by atoms with Gasteiger partial charge in [0.05, 0.1) is 12.1 Å². The zero-order valence-electron chi connectivity index (χ0n) is 7.66. The highest BCUT2D eigenvalue weighted by molar-refractivity contribution is 9.10. The number of aliphatic hydroxyl groups is 1. The number of nitrogens with two attached hydrogens (primary N) is 1. The van der Waals surface area contributed by atoms with Crippen LogP contribution in [0.3, 0.4) is 0 Å². The van der Waals surface area contributed by atoms with Crippen LogP contribution in [0, 0.1) is 6.92 Å². The second kappa shape index (κ2) is 4.17. The van der Waals surface area contributed by atoms with Crippen molar-refractivity contribution < 1.29 is 5.11 Å². The quantitative estimate of drug-likeness (QED) is 0.777. The number of hydrogen-bond donors (Lipinski definition) is 2. The Bertz CT molecular complexity index is 281. The normalized spacial score (nSPS) is 15.5. The van der Waals surface area contributed by atoms with Gasteiger partial charge in [-0.3, -0.25) is 0 Å². The van der Waals surface area contributed by atoms with Crippen LogP contribution < -0.4 is 5.73 Å². The first-order chi connectivity index (χ1) is 6.04. The molecule has 0 bridgehead atoms. The first-order valence-electron chi connectivity index (χ1n) is 4.08. The third-order valence-electron chi connectivity index (χ3n) is 2.01. The molecule has 0 unspecified atom stereocenters. The molecule has 3 nitrogen and oxygen atoms in total. The van der Waals surface area contributed by atoms with Crippen molar-refractivity contribution in [1.82, 2.24) is 4.98 Å². The van der Waals surface area contributed by atoms with Crippen molar-refractivity contribution in [2.24, 2.45) is 5.73 Å². The van der Waals surface area contributed by atoms with E-state index in [1.807, 2.05) is 13.0 Å². The van der Waals surface area contributed by atoms with Crippen LogP contribution in [0.5, 0.6) is 0 Å². The molecule has 0 aromatic carbocycles. The zero-order valence-corrected chi connectivity index (χ0v) is 9.25. The Morgan fingerprint density at radius 3 is 2.69 bits per heavy atom. The number of halogens is 1. The highest BCUT2D eigenvalue weighted by Gasteiger charge is 2.17. The lowest BCUT2D eigenvalue weighted by molar-refractivity contribution is 0.163. The van der Waals surface area contributed by atoms with Crippen LogP contribution >= 0.6 is 15.9 Å². The van der Waals surface area contributed by atoms with Crippen LogP contribution in [0.1, 0.15) is 24.1 Å². The molecule has 13 heavy (non-hydrogen) atoms. The fourth-order valence-electron chi connectivity index (χ4n) is 1.18. The molecule has 3 N–H and O–H groups in total. The largest absolute Gasteiger partial charge is 0.391 e. The van der Waals surface area contributed by atoms with Gasteiger partial charge in [0.2, 0.25) is 0 Å². The van der Waals surface area contributed by atoms with Gasteiger partial charge in [0, 0.05) is 11.8 Å². The van der Waals surface area contributed by atoms with Crippen LogP contribution in [0.2, 0.25) is 0 Å². The molecule has 1 aromatic rings. The van der Waals surface area contributed by atoms with E-state index in [2.05, 4.69) is 20.9 Å². The molecule has 0 spiro atoms. The van der Waals surface area contributed by atoms with Crippen molar-refractivity contribution in [3.63, 3.8) is 0 Å². The first-order valence-corrected chi connectivity index (χ1v) is 4.88. The minimum Gasteiger partial charge on any atom is -0.391 e. The number of pyridine rings is 1. The van der Waals surface area contributed by atoms with E-state index in [1.54, 1.807) is 13.1 Å². The van der Waals surface area contributed by atoms with Crippen molar-refractivity contribution in [2.75, 3.05) is 0 Å². The minimum atomic E-state index is -0.570. The molecule has 0 aliphatic rings. The second-order valence-corrected chi connectivity index (χ2v) is 3.85. The standard InChI is InChI=1S/C9H13BrN2O/c1-5-3-4-12-9(10)7(5)8(11)6(2)13/h3-4,6,8,13H,11H2,1-2H3/t6-,8+/m1/s1. The average Bonchev–Trinajstić information content (AvgIpc) is 2.03. The Morgan fingerprint density at radius 1 is 1.62 bits per heavy atom. The van der Waals surface area contributed by atoms with Crippen LogP contribution in [0.4, 0.5) is 0 Å². The molecular weight excluding hydrogens is 232 g/mol. The van der Waals surface area contributed by atoms with Crippen molar-refractivity contribution in [3.05, 3.63) is 28.0 Å². The summed E-state index contributed by atoms with van der Waals surface area (Å²) in [4.78, 5) is 4.07.